The van der Waals surface area contributed by atoms with E-state index >= 15 is 0 Å². The molecule has 3 N–H and O–H groups in total. The van der Waals surface area contributed by atoms with Crippen molar-refractivity contribution in [3.63, 3.8) is 0 Å². The van der Waals surface area contributed by atoms with Gasteiger partial charge in [0.2, 0.25) is 0 Å². The molecular formula is C43H52N4O9. The number of hydrazine groups is 2. The predicted octanol–water partition coefficient (Wildman–Crippen LogP) is 6.90. The van der Waals surface area contributed by atoms with Crippen molar-refractivity contribution >= 4 is 30.0 Å². The molecule has 4 amide bonds. The predicted molar refractivity (Wildman–Crippen MR) is 211 cm³/mol. The summed E-state index contributed by atoms with van der Waals surface area (Å²) in [6, 6.07) is 29.1. The highest BCUT2D eigenvalue weighted by Gasteiger charge is 2.41. The molecule has 0 aromatic heterocycles. The number of hydrogen-bond acceptors (Lipinski definition) is 9. The lowest BCUT2D eigenvalue weighted by atomic mass is 10.0. The van der Waals surface area contributed by atoms with Crippen LogP contribution in [0.2, 0.25) is 0 Å². The summed E-state index contributed by atoms with van der Waals surface area (Å²) in [6.07, 6.45) is -1.62. The van der Waals surface area contributed by atoms with Crippen LogP contribution in [-0.4, -0.2) is 69.9 Å². The maximum Gasteiger partial charge on any atom is 0.426 e. The first kappa shape index (κ1) is 44.2. The minimum atomic E-state index is -1.46. The molecule has 0 unspecified atom stereocenters. The van der Waals surface area contributed by atoms with E-state index in [9.17, 15) is 29.1 Å². The Morgan fingerprint density at radius 1 is 0.589 bits per heavy atom. The summed E-state index contributed by atoms with van der Waals surface area (Å²) in [5.41, 5.74) is 8.44. The first-order valence-electron chi connectivity index (χ1n) is 17.9. The molecule has 56 heavy (non-hydrogen) atoms. The molecule has 13 heteroatoms. The van der Waals surface area contributed by atoms with Crippen LogP contribution in [0.3, 0.4) is 0 Å². The van der Waals surface area contributed by atoms with Gasteiger partial charge in [0.1, 0.15) is 13.2 Å². The minimum absolute atomic E-state index is 0.0247. The topological polar surface area (TPSA) is 164 Å². The molecule has 0 heterocycles. The third-order valence-corrected chi connectivity index (χ3v) is 8.41. The smallest absolute Gasteiger partial charge is 0.426 e. The molecular weight excluding hydrogens is 716 g/mol. The van der Waals surface area contributed by atoms with Gasteiger partial charge in [-0.2, -0.15) is 0 Å². The van der Waals surface area contributed by atoms with E-state index in [4.69, 9.17) is 14.2 Å². The number of hydrogen-bond donors (Lipinski definition) is 3. The molecule has 0 aliphatic rings. The van der Waals surface area contributed by atoms with Gasteiger partial charge in [0.15, 0.2) is 5.54 Å². The standard InChI is InChI=1S/C22H26N2O5.C21H26N2O4/c1-15-11-16(2)13-18(12-15)19(25)24(22(3,4)20(26)28-5)23-21(27)29-14-17-9-7-6-8-10-17;1-15-10-16(2)12-18(11-15)19(25)23(21(3,4)14-24)22-20(26)27-13-17-8-6-5-7-9-17/h6-13H,14H2,1-5H3,(H,23,27);5-12,24H,13-14H2,1-4H3,(H,22,26). The van der Waals surface area contributed by atoms with E-state index in [-0.39, 0.29) is 19.8 Å². The van der Waals surface area contributed by atoms with Gasteiger partial charge in [-0.15, -0.1) is 0 Å². The molecule has 0 saturated heterocycles. The first-order chi connectivity index (χ1) is 26.4. The van der Waals surface area contributed by atoms with E-state index in [1.54, 1.807) is 38.1 Å². The lowest BCUT2D eigenvalue weighted by Gasteiger charge is -2.36. The van der Waals surface area contributed by atoms with Gasteiger partial charge in [-0.05, 0) is 90.8 Å². The number of nitrogens with zero attached hydrogens (tertiary/aromatic N) is 2. The van der Waals surface area contributed by atoms with Crippen LogP contribution in [0.4, 0.5) is 9.59 Å². The molecule has 0 aliphatic carbocycles. The Kier molecular flexibility index (Phi) is 15.7. The summed E-state index contributed by atoms with van der Waals surface area (Å²) in [4.78, 5) is 63.1. The van der Waals surface area contributed by atoms with Crippen molar-refractivity contribution in [3.05, 3.63) is 142 Å². The second-order valence-corrected chi connectivity index (χ2v) is 14.4. The number of esters is 1. The lowest BCUT2D eigenvalue weighted by Crippen LogP contribution is -2.61. The van der Waals surface area contributed by atoms with Crippen LogP contribution in [0.25, 0.3) is 0 Å². The van der Waals surface area contributed by atoms with Gasteiger partial charge < -0.3 is 19.3 Å². The van der Waals surface area contributed by atoms with Gasteiger partial charge in [-0.25, -0.2) is 35.3 Å². The summed E-state index contributed by atoms with van der Waals surface area (Å²) < 4.78 is 15.2. The number of ether oxygens (including phenoxy) is 3. The number of aliphatic hydroxyl groups is 1. The Balaban J connectivity index is 0.000000301. The molecule has 0 saturated carbocycles. The number of methoxy groups -OCH3 is 1. The number of aliphatic hydroxyl groups excluding tert-OH is 1. The minimum Gasteiger partial charge on any atom is -0.467 e. The normalized spacial score (nSPS) is 10.9. The van der Waals surface area contributed by atoms with Crippen LogP contribution < -0.4 is 10.9 Å². The van der Waals surface area contributed by atoms with Crippen LogP contribution in [0, 0.1) is 27.7 Å². The number of amides is 4. The molecule has 4 aromatic carbocycles. The third-order valence-electron chi connectivity index (χ3n) is 8.41. The van der Waals surface area contributed by atoms with Crippen LogP contribution in [0.5, 0.6) is 0 Å². The molecule has 0 radical (unpaired) electrons. The number of aryl methyl sites for hydroxylation is 4. The van der Waals surface area contributed by atoms with E-state index in [1.165, 1.54) is 21.0 Å². The monoisotopic (exact) mass is 768 g/mol. The second kappa shape index (κ2) is 19.9. The molecule has 298 valence electrons. The lowest BCUT2D eigenvalue weighted by molar-refractivity contribution is -0.152. The maximum atomic E-state index is 13.2. The number of carbonyl (C=O) groups is 5. The number of rotatable bonds is 10. The average Bonchev–Trinajstić information content (AvgIpc) is 3.16. The Labute approximate surface area is 328 Å². The quantitative estimate of drug-likeness (QED) is 0.0885. The molecule has 0 aliphatic heterocycles. The van der Waals surface area contributed by atoms with E-state index in [0.29, 0.717) is 11.1 Å². The zero-order valence-electron chi connectivity index (χ0n) is 33.5. The van der Waals surface area contributed by atoms with Crippen molar-refractivity contribution in [3.8, 4) is 0 Å². The van der Waals surface area contributed by atoms with Gasteiger partial charge >= 0.3 is 18.2 Å². The van der Waals surface area contributed by atoms with E-state index in [0.717, 1.165) is 43.4 Å². The van der Waals surface area contributed by atoms with Crippen molar-refractivity contribution in [1.82, 2.24) is 20.9 Å². The highest BCUT2D eigenvalue weighted by atomic mass is 16.6. The second-order valence-electron chi connectivity index (χ2n) is 14.4. The number of carbonyl (C=O) groups excluding carboxylic acids is 5. The van der Waals surface area contributed by atoms with Gasteiger partial charge in [0, 0.05) is 11.1 Å². The molecule has 0 bridgehead atoms. The fourth-order valence-corrected chi connectivity index (χ4v) is 5.48. The molecule has 0 spiro atoms. The average molecular weight is 769 g/mol. The fourth-order valence-electron chi connectivity index (χ4n) is 5.48. The largest absolute Gasteiger partial charge is 0.467 e. The Bertz CT molecular complexity index is 1940. The van der Waals surface area contributed by atoms with Crippen molar-refractivity contribution in [2.45, 2.75) is 79.7 Å². The van der Waals surface area contributed by atoms with Gasteiger partial charge in [0.25, 0.3) is 11.8 Å². The molecule has 13 nitrogen and oxygen atoms in total. The Hall–Kier alpha value is -6.21. The Morgan fingerprint density at radius 2 is 0.946 bits per heavy atom. The van der Waals surface area contributed by atoms with Crippen LogP contribution >= 0.6 is 0 Å². The molecule has 0 atom stereocenters. The van der Waals surface area contributed by atoms with Gasteiger partial charge in [0.05, 0.1) is 19.3 Å². The van der Waals surface area contributed by atoms with E-state index in [1.807, 2.05) is 100 Å². The zero-order chi connectivity index (χ0) is 41.6. The molecule has 4 rings (SSSR count). The number of benzene rings is 4. The van der Waals surface area contributed by atoms with E-state index in [2.05, 4.69) is 10.9 Å². The highest BCUT2D eigenvalue weighted by molar-refractivity contribution is 5.99. The number of nitrogens with one attached hydrogen (secondary N) is 2. The third kappa shape index (κ3) is 12.7. The maximum absolute atomic E-state index is 13.2. The SMILES string of the molecule is COC(=O)C(C)(C)N(NC(=O)OCc1ccccc1)C(=O)c1cc(C)cc(C)c1.Cc1cc(C)cc(C(=O)N(NC(=O)OCc2ccccc2)C(C)(C)CO)c1. The summed E-state index contributed by atoms with van der Waals surface area (Å²) in [5, 5.41) is 11.8. The van der Waals surface area contributed by atoms with Crippen molar-refractivity contribution in [2.75, 3.05) is 13.7 Å². The van der Waals surface area contributed by atoms with Crippen molar-refractivity contribution < 1.29 is 43.3 Å². The van der Waals surface area contributed by atoms with Gasteiger partial charge in [-0.1, -0.05) is 95.1 Å². The van der Waals surface area contributed by atoms with Gasteiger partial charge in [-0.3, -0.25) is 9.59 Å². The van der Waals surface area contributed by atoms with Crippen molar-refractivity contribution in [1.29, 1.82) is 0 Å². The van der Waals surface area contributed by atoms with Crippen molar-refractivity contribution in [2.24, 2.45) is 0 Å². The summed E-state index contributed by atoms with van der Waals surface area (Å²) in [6.45, 7) is 13.6. The van der Waals surface area contributed by atoms with E-state index < -0.39 is 41.0 Å². The van der Waals surface area contributed by atoms with Crippen LogP contribution in [-0.2, 0) is 32.2 Å². The summed E-state index contributed by atoms with van der Waals surface area (Å²) in [5.74, 6) is -1.65. The summed E-state index contributed by atoms with van der Waals surface area (Å²) >= 11 is 0. The first-order valence-corrected chi connectivity index (χ1v) is 17.9. The molecule has 4 aromatic rings. The van der Waals surface area contributed by atoms with Crippen LogP contribution in [0.15, 0.2) is 97.1 Å². The Morgan fingerprint density at radius 3 is 1.30 bits per heavy atom. The summed E-state index contributed by atoms with van der Waals surface area (Å²) in [7, 11) is 1.22. The highest BCUT2D eigenvalue weighted by Crippen LogP contribution is 2.21. The fraction of sp³-hybridized carbons (Fsp3) is 0.326. The van der Waals surface area contributed by atoms with Crippen LogP contribution in [0.1, 0.15) is 81.8 Å². The zero-order valence-corrected chi connectivity index (χ0v) is 33.5. The molecule has 0 fully saturated rings.